The van der Waals surface area contributed by atoms with Crippen molar-refractivity contribution in [2.75, 3.05) is 14.7 Å². The highest BCUT2D eigenvalue weighted by Crippen LogP contribution is 2.65. The first-order valence-electron chi connectivity index (χ1n) is 25.6. The van der Waals surface area contributed by atoms with Crippen molar-refractivity contribution >= 4 is 90.5 Å². The summed E-state index contributed by atoms with van der Waals surface area (Å²) in [5.74, 6) is 1.18. The van der Waals surface area contributed by atoms with Crippen LogP contribution in [0.15, 0.2) is 162 Å². The topological polar surface area (TPSA) is 22.9 Å². The number of rotatable bonds is 3. The molecule has 69 heavy (non-hydrogen) atoms. The molecule has 2 fully saturated rings. The van der Waals surface area contributed by atoms with E-state index in [1.54, 1.807) is 0 Å². The predicted molar refractivity (Wildman–Crippen MR) is 290 cm³/mol. The third-order valence-electron chi connectivity index (χ3n) is 18.1. The molecule has 3 aliphatic heterocycles. The summed E-state index contributed by atoms with van der Waals surface area (Å²) >= 11 is 0. The SMILES string of the molecule is Cc1cc2c3c(c1)N(c1cccc4oc5ccccc5c14)c1cc(N4c5ccccc5C5(C)CCCCC45C)ccc1B3c1cc(C(C)(C)C)ccc1N2c1cccc2c1-c1ccccc1C1CC21. The van der Waals surface area contributed by atoms with E-state index in [0.29, 0.717) is 11.8 Å². The number of para-hydroxylation sites is 2. The first-order valence-corrected chi connectivity index (χ1v) is 25.6. The van der Waals surface area contributed by atoms with Gasteiger partial charge >= 0.3 is 0 Å². The monoisotopic (exact) mass is 893 g/mol. The average Bonchev–Trinajstić information content (AvgIpc) is 4.03. The fourth-order valence-corrected chi connectivity index (χ4v) is 14.6. The van der Waals surface area contributed by atoms with Crippen molar-refractivity contribution in [1.29, 1.82) is 0 Å². The first-order chi connectivity index (χ1) is 33.5. The molecule has 4 nitrogen and oxygen atoms in total. The van der Waals surface area contributed by atoms with Gasteiger partial charge in [0.2, 0.25) is 0 Å². The van der Waals surface area contributed by atoms with Gasteiger partial charge in [-0.1, -0.05) is 138 Å². The van der Waals surface area contributed by atoms with Gasteiger partial charge < -0.3 is 19.1 Å². The summed E-state index contributed by atoms with van der Waals surface area (Å²) in [5, 5.41) is 2.28. The molecule has 6 aliphatic rings. The Morgan fingerprint density at radius 2 is 1.28 bits per heavy atom. The molecule has 0 radical (unpaired) electrons. The molecule has 0 spiro atoms. The van der Waals surface area contributed by atoms with Crippen LogP contribution in [-0.4, -0.2) is 12.3 Å². The molecule has 0 amide bonds. The van der Waals surface area contributed by atoms with Crippen molar-refractivity contribution < 1.29 is 4.42 Å². The van der Waals surface area contributed by atoms with Crippen LogP contribution in [0, 0.1) is 6.92 Å². The predicted octanol–water partition coefficient (Wildman–Crippen LogP) is 15.3. The number of benzene rings is 8. The normalized spacial score (nSPS) is 22.3. The van der Waals surface area contributed by atoms with E-state index in [4.69, 9.17) is 4.42 Å². The van der Waals surface area contributed by atoms with Crippen molar-refractivity contribution in [2.45, 2.75) is 102 Å². The Kier molecular flexibility index (Phi) is 7.89. The number of anilines is 8. The van der Waals surface area contributed by atoms with E-state index in [9.17, 15) is 0 Å². The van der Waals surface area contributed by atoms with Gasteiger partial charge in [-0.05, 0) is 161 Å². The highest BCUT2D eigenvalue weighted by molar-refractivity contribution is 7.00. The van der Waals surface area contributed by atoms with E-state index in [1.807, 2.05) is 0 Å². The van der Waals surface area contributed by atoms with Crippen molar-refractivity contribution in [2.24, 2.45) is 0 Å². The molecule has 9 aromatic rings. The van der Waals surface area contributed by atoms with Crippen molar-refractivity contribution in [3.05, 3.63) is 186 Å². The number of hydrogen-bond acceptors (Lipinski definition) is 4. The summed E-state index contributed by atoms with van der Waals surface area (Å²) in [5.41, 5.74) is 25.7. The molecule has 336 valence electrons. The Hall–Kier alpha value is -6.98. The molecule has 0 saturated heterocycles. The largest absolute Gasteiger partial charge is 0.456 e. The first kappa shape index (κ1) is 40.0. The van der Waals surface area contributed by atoms with Crippen LogP contribution in [0.25, 0.3) is 33.1 Å². The lowest BCUT2D eigenvalue weighted by molar-refractivity contribution is 0.195. The molecule has 0 bridgehead atoms. The zero-order chi connectivity index (χ0) is 46.3. The summed E-state index contributed by atoms with van der Waals surface area (Å²) < 4.78 is 6.71. The quantitative estimate of drug-likeness (QED) is 0.165. The third kappa shape index (κ3) is 5.21. The van der Waals surface area contributed by atoms with Crippen LogP contribution < -0.4 is 31.1 Å². The second kappa shape index (κ2) is 13.6. The van der Waals surface area contributed by atoms with Gasteiger partial charge in [0.15, 0.2) is 0 Å². The Morgan fingerprint density at radius 3 is 2.14 bits per heavy atom. The van der Waals surface area contributed by atoms with Crippen LogP contribution in [0.1, 0.15) is 106 Å². The zero-order valence-corrected chi connectivity index (χ0v) is 40.5. The molecule has 1 aromatic heterocycles. The summed E-state index contributed by atoms with van der Waals surface area (Å²) in [6.07, 6.45) is 6.08. The van der Waals surface area contributed by atoms with Gasteiger partial charge in [0, 0.05) is 50.5 Å². The molecule has 2 saturated carbocycles. The molecule has 4 heterocycles. The standard InChI is InChI=1S/C64H56BN3O/c1-38-33-55-61-56(34-38)67(53-24-16-26-58-60(53)44-19-9-12-25-57(44)69-58)54-36-40(68-50-22-11-10-21-47(50)63(5)31-13-14-32-64(63,68)6)28-29-48(54)65(61)49-35-39(62(2,3)4)27-30-51(49)66(55)52-23-15-20-43-46-37-45(46)41-17-7-8-18-42(41)59(43)52/h7-12,15-30,33-36,45-46H,13-14,31-32,37H2,1-6H3. The third-order valence-corrected chi connectivity index (χ3v) is 18.1. The summed E-state index contributed by atoms with van der Waals surface area (Å²) in [7, 11) is 0. The van der Waals surface area contributed by atoms with Crippen LogP contribution in [-0.2, 0) is 10.8 Å². The van der Waals surface area contributed by atoms with E-state index in [0.717, 1.165) is 34.0 Å². The Morgan fingerprint density at radius 1 is 0.580 bits per heavy atom. The van der Waals surface area contributed by atoms with Gasteiger partial charge in [-0.3, -0.25) is 0 Å². The van der Waals surface area contributed by atoms with Gasteiger partial charge in [-0.2, -0.15) is 0 Å². The van der Waals surface area contributed by atoms with Crippen LogP contribution in [0.4, 0.5) is 45.5 Å². The van der Waals surface area contributed by atoms with E-state index in [1.165, 1.54) is 121 Å². The molecule has 3 aliphatic carbocycles. The highest BCUT2D eigenvalue weighted by Gasteiger charge is 2.58. The van der Waals surface area contributed by atoms with Gasteiger partial charge in [-0.15, -0.1) is 0 Å². The molecule has 0 N–H and O–H groups in total. The summed E-state index contributed by atoms with van der Waals surface area (Å²) in [6, 6.07) is 60.9. The van der Waals surface area contributed by atoms with E-state index in [-0.39, 0.29) is 23.1 Å². The second-order valence-electron chi connectivity index (χ2n) is 22.8. The molecule has 4 atom stereocenters. The Labute approximate surface area is 406 Å². The molecular weight excluding hydrogens is 838 g/mol. The van der Waals surface area contributed by atoms with Gasteiger partial charge in [0.05, 0.1) is 22.3 Å². The minimum Gasteiger partial charge on any atom is -0.456 e. The fourth-order valence-electron chi connectivity index (χ4n) is 14.6. The zero-order valence-electron chi connectivity index (χ0n) is 40.5. The van der Waals surface area contributed by atoms with Gasteiger partial charge in [0.1, 0.15) is 11.2 Å². The molecule has 5 heteroatoms. The van der Waals surface area contributed by atoms with Gasteiger partial charge in [0.25, 0.3) is 6.71 Å². The minimum atomic E-state index is -0.0708. The second-order valence-corrected chi connectivity index (χ2v) is 22.8. The van der Waals surface area contributed by atoms with E-state index < -0.39 is 0 Å². The van der Waals surface area contributed by atoms with E-state index in [2.05, 4.69) is 214 Å². The summed E-state index contributed by atoms with van der Waals surface area (Å²) in [6.45, 7) is 14.5. The number of furan rings is 1. The van der Waals surface area contributed by atoms with Crippen molar-refractivity contribution in [1.82, 2.24) is 0 Å². The highest BCUT2D eigenvalue weighted by atomic mass is 16.3. The maximum absolute atomic E-state index is 6.71. The maximum atomic E-state index is 6.71. The van der Waals surface area contributed by atoms with Crippen LogP contribution in [0.3, 0.4) is 0 Å². The molecule has 15 rings (SSSR count). The van der Waals surface area contributed by atoms with Crippen LogP contribution in [0.2, 0.25) is 0 Å². The van der Waals surface area contributed by atoms with Crippen molar-refractivity contribution in [3.8, 4) is 11.1 Å². The number of fused-ring (bicyclic) bond motifs is 16. The van der Waals surface area contributed by atoms with Gasteiger partial charge in [-0.25, -0.2) is 0 Å². The Bertz CT molecular complexity index is 3710. The number of nitrogens with zero attached hydrogens (tertiary/aromatic N) is 3. The number of hydrogen-bond donors (Lipinski definition) is 0. The fraction of sp³-hybridized carbons (Fsp3) is 0.250. The lowest BCUT2D eigenvalue weighted by Gasteiger charge is -2.50. The van der Waals surface area contributed by atoms with E-state index >= 15 is 0 Å². The molecule has 4 unspecified atom stereocenters. The molecular formula is C64H56BN3O. The summed E-state index contributed by atoms with van der Waals surface area (Å²) in [4.78, 5) is 8.05. The molecule has 8 aromatic carbocycles. The Balaban J connectivity index is 1.04. The number of aryl methyl sites for hydroxylation is 1. The lowest BCUT2D eigenvalue weighted by Crippen LogP contribution is -2.61. The average molecular weight is 894 g/mol. The van der Waals surface area contributed by atoms with Crippen molar-refractivity contribution in [3.63, 3.8) is 0 Å². The van der Waals surface area contributed by atoms with Crippen LogP contribution >= 0.6 is 0 Å². The minimum absolute atomic E-state index is 0.00854. The maximum Gasteiger partial charge on any atom is 0.252 e. The van der Waals surface area contributed by atoms with Crippen LogP contribution in [0.5, 0.6) is 0 Å². The lowest BCUT2D eigenvalue weighted by atomic mass is 9.33. The smallest absolute Gasteiger partial charge is 0.252 e.